The summed E-state index contributed by atoms with van der Waals surface area (Å²) in [5, 5.41) is 12.1. The van der Waals surface area contributed by atoms with Gasteiger partial charge in [0.1, 0.15) is 0 Å². The molecule has 2 aliphatic carbocycles. The molecule has 1 unspecified atom stereocenters. The second kappa shape index (κ2) is 9.94. The predicted molar refractivity (Wildman–Crippen MR) is 131 cm³/mol. The van der Waals surface area contributed by atoms with Crippen molar-refractivity contribution in [3.8, 4) is 6.07 Å². The van der Waals surface area contributed by atoms with E-state index in [-0.39, 0.29) is 23.2 Å². The van der Waals surface area contributed by atoms with E-state index < -0.39 is 11.6 Å². The van der Waals surface area contributed by atoms with E-state index in [0.29, 0.717) is 18.0 Å². The number of fused-ring (bicyclic) bond motifs is 1. The van der Waals surface area contributed by atoms with Crippen molar-refractivity contribution in [1.29, 1.82) is 5.26 Å². The van der Waals surface area contributed by atoms with Gasteiger partial charge in [-0.15, -0.1) is 0 Å². The molecule has 2 aromatic rings. The van der Waals surface area contributed by atoms with Gasteiger partial charge in [-0.1, -0.05) is 12.1 Å². The topological polar surface area (TPSA) is 59.4 Å². The van der Waals surface area contributed by atoms with Gasteiger partial charge in [0, 0.05) is 24.3 Å². The highest BCUT2D eigenvalue weighted by Crippen LogP contribution is 2.62. The number of nitrogens with zero attached hydrogens (tertiary/aromatic N) is 3. The quantitative estimate of drug-likeness (QED) is 0.558. The van der Waals surface area contributed by atoms with Gasteiger partial charge in [0.25, 0.3) is 0 Å². The summed E-state index contributed by atoms with van der Waals surface area (Å²) in [6.07, 6.45) is 7.25. The Bertz CT molecular complexity index is 1130. The van der Waals surface area contributed by atoms with Crippen LogP contribution in [0.15, 0.2) is 42.5 Å². The number of hydrogen-bond donors (Lipinski definition) is 1. The maximum absolute atomic E-state index is 13.7. The number of amides is 2. The minimum absolute atomic E-state index is 0.110. The van der Waals surface area contributed by atoms with Crippen LogP contribution in [0.4, 0.5) is 19.3 Å². The number of rotatable bonds is 7. The second-order valence-corrected chi connectivity index (χ2v) is 10.3. The van der Waals surface area contributed by atoms with Crippen LogP contribution >= 0.6 is 0 Å². The first kappa shape index (κ1) is 23.7. The van der Waals surface area contributed by atoms with Gasteiger partial charge in [-0.25, -0.2) is 13.6 Å². The Labute approximate surface area is 205 Å². The molecule has 3 fully saturated rings. The maximum atomic E-state index is 13.7. The average molecular weight is 479 g/mol. The fourth-order valence-corrected chi connectivity index (χ4v) is 6.24. The van der Waals surface area contributed by atoms with E-state index in [4.69, 9.17) is 0 Å². The van der Waals surface area contributed by atoms with Gasteiger partial charge in [-0.3, -0.25) is 0 Å². The molecule has 0 aromatic heterocycles. The van der Waals surface area contributed by atoms with Crippen LogP contribution in [0, 0.1) is 28.9 Å². The van der Waals surface area contributed by atoms with E-state index in [9.17, 15) is 18.8 Å². The molecule has 2 aromatic carbocycles. The van der Waals surface area contributed by atoms with Crippen LogP contribution in [0.2, 0.25) is 0 Å². The molecule has 5 rings (SSSR count). The highest BCUT2D eigenvalue weighted by Gasteiger charge is 2.58. The lowest BCUT2D eigenvalue weighted by atomic mass is 9.80. The van der Waals surface area contributed by atoms with Crippen LogP contribution in [0.1, 0.15) is 56.1 Å². The van der Waals surface area contributed by atoms with E-state index in [1.807, 2.05) is 23.1 Å². The Kier molecular flexibility index (Phi) is 6.75. The van der Waals surface area contributed by atoms with Crippen molar-refractivity contribution in [3.05, 3.63) is 65.2 Å². The third kappa shape index (κ3) is 5.04. The number of nitriles is 1. The summed E-state index contributed by atoms with van der Waals surface area (Å²) in [6.45, 7) is 3.85. The molecule has 7 heteroatoms. The molecule has 1 heterocycles. The number of anilines is 1. The Morgan fingerprint density at radius 1 is 1.17 bits per heavy atom. The predicted octanol–water partition coefficient (Wildman–Crippen LogP) is 5.67. The molecule has 184 valence electrons. The zero-order valence-electron chi connectivity index (χ0n) is 20.0. The Balaban J connectivity index is 1.27. The first-order valence-electron chi connectivity index (χ1n) is 12.7. The number of likely N-dealkylation sites (tertiary alicyclic amines) is 1. The number of carbonyl (C=O) groups is 1. The molecular formula is C28H32F2N4O. The second-order valence-electron chi connectivity index (χ2n) is 10.3. The molecule has 3 atom stereocenters. The normalized spacial score (nSPS) is 25.5. The Morgan fingerprint density at radius 2 is 2.00 bits per heavy atom. The zero-order chi connectivity index (χ0) is 24.4. The molecule has 5 nitrogen and oxygen atoms in total. The molecule has 1 N–H and O–H groups in total. The minimum atomic E-state index is -0.969. The van der Waals surface area contributed by atoms with E-state index in [1.165, 1.54) is 24.5 Å². The largest absolute Gasteiger partial charge is 0.322 e. The number of benzene rings is 2. The third-order valence-electron chi connectivity index (χ3n) is 8.22. The summed E-state index contributed by atoms with van der Waals surface area (Å²) in [4.78, 5) is 17.7. The van der Waals surface area contributed by atoms with Gasteiger partial charge in [0.2, 0.25) is 0 Å². The van der Waals surface area contributed by atoms with Crippen molar-refractivity contribution in [2.75, 3.05) is 31.5 Å². The van der Waals surface area contributed by atoms with Crippen molar-refractivity contribution in [3.63, 3.8) is 0 Å². The van der Waals surface area contributed by atoms with E-state index in [1.54, 1.807) is 0 Å². The van der Waals surface area contributed by atoms with Crippen molar-refractivity contribution < 1.29 is 13.6 Å². The SMILES string of the molecule is N#Cc1cccc([C@]23CC[C@@H](N(CCCN4CCCC4)C(=O)Nc4ccc(F)c(F)c4)CC2C3)c1. The van der Waals surface area contributed by atoms with Crippen LogP contribution in [0.3, 0.4) is 0 Å². The minimum Gasteiger partial charge on any atom is -0.321 e. The number of halogens is 2. The van der Waals surface area contributed by atoms with E-state index in [0.717, 1.165) is 63.9 Å². The first-order valence-corrected chi connectivity index (χ1v) is 12.7. The van der Waals surface area contributed by atoms with E-state index in [2.05, 4.69) is 22.4 Å². The Hall–Kier alpha value is -2.98. The first-order chi connectivity index (χ1) is 17.0. The van der Waals surface area contributed by atoms with Crippen molar-refractivity contribution in [1.82, 2.24) is 9.80 Å². The molecule has 1 saturated heterocycles. The van der Waals surface area contributed by atoms with Crippen molar-refractivity contribution in [2.45, 2.75) is 56.4 Å². The van der Waals surface area contributed by atoms with Gasteiger partial charge in [-0.2, -0.15) is 5.26 Å². The van der Waals surface area contributed by atoms with Gasteiger partial charge >= 0.3 is 6.03 Å². The molecule has 3 aliphatic rings. The zero-order valence-corrected chi connectivity index (χ0v) is 20.0. The highest BCUT2D eigenvalue weighted by atomic mass is 19.2. The summed E-state index contributed by atoms with van der Waals surface area (Å²) in [6, 6.07) is 13.5. The van der Waals surface area contributed by atoms with Crippen LogP contribution < -0.4 is 5.32 Å². The van der Waals surface area contributed by atoms with Gasteiger partial charge < -0.3 is 15.1 Å². The van der Waals surface area contributed by atoms with Gasteiger partial charge in [-0.05, 0) is 106 Å². The standard InChI is InChI=1S/C28H32F2N4O/c29-25-8-7-23(17-26(25)30)32-27(35)34(14-4-13-33-11-1-2-12-33)24-9-10-28(18-22(28)16-24)21-6-3-5-20(15-21)19-31/h3,5-8,15,17,22,24H,1-2,4,9-14,16,18H2,(H,32,35)/t22?,24-,28-/m1/s1. The van der Waals surface area contributed by atoms with Crippen LogP contribution in [-0.2, 0) is 5.41 Å². The lowest BCUT2D eigenvalue weighted by Crippen LogP contribution is -2.46. The lowest BCUT2D eigenvalue weighted by Gasteiger charge is -2.37. The lowest BCUT2D eigenvalue weighted by molar-refractivity contribution is 0.156. The summed E-state index contributed by atoms with van der Waals surface area (Å²) < 4.78 is 27.1. The summed E-state index contributed by atoms with van der Waals surface area (Å²) >= 11 is 0. The highest BCUT2D eigenvalue weighted by molar-refractivity contribution is 5.89. The smallest absolute Gasteiger partial charge is 0.321 e. The summed E-state index contributed by atoms with van der Waals surface area (Å²) in [5.41, 5.74) is 2.33. The molecule has 35 heavy (non-hydrogen) atoms. The summed E-state index contributed by atoms with van der Waals surface area (Å²) in [7, 11) is 0. The van der Waals surface area contributed by atoms with Gasteiger partial charge in [0.05, 0.1) is 11.6 Å². The number of carbonyl (C=O) groups excluding carboxylic acids is 1. The fraction of sp³-hybridized carbons (Fsp3) is 0.500. The van der Waals surface area contributed by atoms with Crippen molar-refractivity contribution in [2.24, 2.45) is 5.92 Å². The average Bonchev–Trinajstić information content (AvgIpc) is 3.38. The number of nitrogens with one attached hydrogen (secondary N) is 1. The third-order valence-corrected chi connectivity index (χ3v) is 8.22. The number of urea groups is 1. The van der Waals surface area contributed by atoms with Crippen molar-refractivity contribution >= 4 is 11.7 Å². The van der Waals surface area contributed by atoms with Crippen LogP contribution in [0.25, 0.3) is 0 Å². The fourth-order valence-electron chi connectivity index (χ4n) is 6.24. The molecule has 1 aliphatic heterocycles. The van der Waals surface area contributed by atoms with Crippen LogP contribution in [-0.4, -0.2) is 48.1 Å². The number of hydrogen-bond acceptors (Lipinski definition) is 3. The molecule has 2 saturated carbocycles. The Morgan fingerprint density at radius 3 is 2.74 bits per heavy atom. The summed E-state index contributed by atoms with van der Waals surface area (Å²) in [5.74, 6) is -1.40. The van der Waals surface area contributed by atoms with Crippen LogP contribution in [0.5, 0.6) is 0 Å². The molecular weight excluding hydrogens is 446 g/mol. The molecule has 0 bridgehead atoms. The molecule has 0 radical (unpaired) electrons. The maximum Gasteiger partial charge on any atom is 0.322 e. The molecule has 2 amide bonds. The van der Waals surface area contributed by atoms with E-state index >= 15 is 0 Å². The molecule has 0 spiro atoms. The van der Waals surface area contributed by atoms with Gasteiger partial charge in [0.15, 0.2) is 11.6 Å². The monoisotopic (exact) mass is 478 g/mol.